The largest absolute Gasteiger partial charge is 0.468 e. The standard InChI is InChI=1S/C22H20BrO2P/c1-25-22(24)21(23)17-26(18-11-5-2-6-12-18,19-13-7-3-8-14-19)20-15-9-4-10-16-20/h2-17,21H,1H3. The summed E-state index contributed by atoms with van der Waals surface area (Å²) in [6.45, 7) is -2.15. The number of hydrogen-bond acceptors (Lipinski definition) is 2. The molecule has 0 fully saturated rings. The first-order valence-corrected chi connectivity index (χ1v) is 11.1. The van der Waals surface area contributed by atoms with Crippen molar-refractivity contribution in [1.82, 2.24) is 0 Å². The van der Waals surface area contributed by atoms with Crippen LogP contribution in [0.4, 0.5) is 0 Å². The normalized spacial score (nSPS) is 12.2. The van der Waals surface area contributed by atoms with E-state index in [0.717, 1.165) is 0 Å². The fourth-order valence-electron chi connectivity index (χ4n) is 3.06. The Balaban J connectivity index is 2.40. The van der Waals surface area contributed by atoms with E-state index in [4.69, 9.17) is 4.74 Å². The van der Waals surface area contributed by atoms with Crippen LogP contribution < -0.4 is 15.9 Å². The van der Waals surface area contributed by atoms with Gasteiger partial charge in [0.1, 0.15) is 4.83 Å². The molecule has 2 nitrogen and oxygen atoms in total. The molecule has 0 saturated carbocycles. The summed E-state index contributed by atoms with van der Waals surface area (Å²) in [6.07, 6.45) is 0. The van der Waals surface area contributed by atoms with Crippen molar-refractivity contribution in [3.8, 4) is 0 Å². The van der Waals surface area contributed by atoms with Gasteiger partial charge in [0.2, 0.25) is 0 Å². The number of carbonyl (C=O) groups is 1. The molecule has 0 aromatic heterocycles. The smallest absolute Gasteiger partial charge is 0.323 e. The number of carbonyl (C=O) groups excluding carboxylic acids is 1. The van der Waals surface area contributed by atoms with E-state index in [1.54, 1.807) is 0 Å². The van der Waals surface area contributed by atoms with E-state index in [2.05, 4.69) is 58.1 Å². The molecule has 1 unspecified atom stereocenters. The number of esters is 1. The number of benzene rings is 3. The van der Waals surface area contributed by atoms with Crippen LogP contribution in [0.15, 0.2) is 91.0 Å². The lowest BCUT2D eigenvalue weighted by Crippen LogP contribution is -2.30. The van der Waals surface area contributed by atoms with Crippen molar-refractivity contribution in [2.75, 3.05) is 7.11 Å². The first-order chi connectivity index (χ1) is 12.7. The third-order valence-corrected chi connectivity index (χ3v) is 9.40. The first kappa shape index (κ1) is 18.7. The summed E-state index contributed by atoms with van der Waals surface area (Å²) in [6, 6.07) is 31.2. The third kappa shape index (κ3) is 3.70. The van der Waals surface area contributed by atoms with Crippen LogP contribution in [0.5, 0.6) is 0 Å². The molecule has 0 amide bonds. The number of rotatable bonds is 5. The van der Waals surface area contributed by atoms with Gasteiger partial charge < -0.3 is 4.74 Å². The summed E-state index contributed by atoms with van der Waals surface area (Å²) < 4.78 is 4.97. The number of methoxy groups -OCH3 is 1. The van der Waals surface area contributed by atoms with Gasteiger partial charge in [-0.1, -0.05) is 107 Å². The molecule has 3 aromatic rings. The fraction of sp³-hybridized carbons (Fsp3) is 0.0909. The minimum atomic E-state index is -2.15. The molecule has 0 heterocycles. The summed E-state index contributed by atoms with van der Waals surface area (Å²) >= 11 is 3.53. The maximum absolute atomic E-state index is 12.2. The van der Waals surface area contributed by atoms with E-state index in [1.165, 1.54) is 23.0 Å². The molecule has 3 rings (SSSR count). The summed E-state index contributed by atoms with van der Waals surface area (Å²) in [5.74, 6) is 1.83. The van der Waals surface area contributed by atoms with Crippen LogP contribution >= 0.6 is 22.8 Å². The Morgan fingerprint density at radius 1 is 0.808 bits per heavy atom. The highest BCUT2D eigenvalue weighted by Gasteiger charge is 2.28. The molecule has 0 aliphatic heterocycles. The van der Waals surface area contributed by atoms with Crippen LogP contribution in [0.3, 0.4) is 0 Å². The molecule has 0 aliphatic carbocycles. The lowest BCUT2D eigenvalue weighted by atomic mass is 10.4. The molecule has 0 spiro atoms. The van der Waals surface area contributed by atoms with Gasteiger partial charge in [-0.05, 0) is 28.6 Å². The van der Waals surface area contributed by atoms with E-state index in [9.17, 15) is 4.79 Å². The molecule has 4 heteroatoms. The van der Waals surface area contributed by atoms with Crippen LogP contribution in [-0.2, 0) is 9.53 Å². The molecular formula is C22H20BrO2P. The predicted octanol–water partition coefficient (Wildman–Crippen LogP) is 3.72. The molecule has 132 valence electrons. The monoisotopic (exact) mass is 426 g/mol. The predicted molar refractivity (Wildman–Crippen MR) is 116 cm³/mol. The van der Waals surface area contributed by atoms with Gasteiger partial charge in [0, 0.05) is 0 Å². The highest BCUT2D eigenvalue weighted by Crippen LogP contribution is 2.44. The van der Waals surface area contributed by atoms with Crippen LogP contribution in [0.1, 0.15) is 0 Å². The molecule has 0 aliphatic rings. The molecule has 0 radical (unpaired) electrons. The Morgan fingerprint density at radius 2 is 1.15 bits per heavy atom. The third-order valence-electron chi connectivity index (χ3n) is 4.27. The fourth-order valence-corrected chi connectivity index (χ4v) is 8.17. The van der Waals surface area contributed by atoms with E-state index in [0.29, 0.717) is 0 Å². The molecule has 3 aromatic carbocycles. The van der Waals surface area contributed by atoms with Crippen LogP contribution in [0.25, 0.3) is 0 Å². The SMILES string of the molecule is COC(=O)C(Br)C=P(c1ccccc1)(c1ccccc1)c1ccccc1. The van der Waals surface area contributed by atoms with Gasteiger partial charge in [0.25, 0.3) is 0 Å². The van der Waals surface area contributed by atoms with Gasteiger partial charge in [0.15, 0.2) is 0 Å². The van der Waals surface area contributed by atoms with Crippen molar-refractivity contribution >= 4 is 50.5 Å². The second-order valence-electron chi connectivity index (χ2n) is 5.80. The van der Waals surface area contributed by atoms with Crippen molar-refractivity contribution in [3.63, 3.8) is 0 Å². The maximum Gasteiger partial charge on any atom is 0.323 e. The quantitative estimate of drug-likeness (QED) is 0.353. The van der Waals surface area contributed by atoms with E-state index >= 15 is 0 Å². The first-order valence-electron chi connectivity index (χ1n) is 8.32. The molecule has 26 heavy (non-hydrogen) atoms. The number of hydrogen-bond donors (Lipinski definition) is 0. The van der Waals surface area contributed by atoms with Gasteiger partial charge in [-0.2, -0.15) is 0 Å². The minimum absolute atomic E-state index is 0.294. The molecule has 1 atom stereocenters. The van der Waals surface area contributed by atoms with Crippen molar-refractivity contribution in [3.05, 3.63) is 91.0 Å². The number of ether oxygens (including phenoxy) is 1. The number of halogens is 1. The van der Waals surface area contributed by atoms with Gasteiger partial charge in [-0.15, -0.1) is 0 Å². The topological polar surface area (TPSA) is 26.3 Å². The Morgan fingerprint density at radius 3 is 1.46 bits per heavy atom. The van der Waals surface area contributed by atoms with Gasteiger partial charge in [0.05, 0.1) is 7.11 Å². The molecule has 0 bridgehead atoms. The van der Waals surface area contributed by atoms with Crippen LogP contribution in [-0.4, -0.2) is 23.7 Å². The van der Waals surface area contributed by atoms with E-state index in [-0.39, 0.29) is 5.97 Å². The molecule has 0 N–H and O–H groups in total. The average Bonchev–Trinajstić information content (AvgIpc) is 2.73. The lowest BCUT2D eigenvalue weighted by Gasteiger charge is -2.29. The maximum atomic E-state index is 12.2. The summed E-state index contributed by atoms with van der Waals surface area (Å²) in [5.41, 5.74) is 0. The zero-order valence-corrected chi connectivity index (χ0v) is 16.9. The summed E-state index contributed by atoms with van der Waals surface area (Å²) in [7, 11) is 1.41. The molecular weight excluding hydrogens is 407 g/mol. The summed E-state index contributed by atoms with van der Waals surface area (Å²) in [4.78, 5) is 11.7. The average molecular weight is 427 g/mol. The van der Waals surface area contributed by atoms with Crippen molar-refractivity contribution < 1.29 is 9.53 Å². The van der Waals surface area contributed by atoms with Crippen molar-refractivity contribution in [1.29, 1.82) is 0 Å². The van der Waals surface area contributed by atoms with Gasteiger partial charge >= 0.3 is 5.97 Å². The lowest BCUT2D eigenvalue weighted by molar-refractivity contribution is -0.138. The van der Waals surface area contributed by atoms with Crippen LogP contribution in [0, 0.1) is 0 Å². The van der Waals surface area contributed by atoms with E-state index in [1.807, 2.05) is 54.6 Å². The van der Waals surface area contributed by atoms with Crippen molar-refractivity contribution in [2.45, 2.75) is 4.83 Å². The Labute approximate surface area is 162 Å². The van der Waals surface area contributed by atoms with Crippen LogP contribution in [0.2, 0.25) is 0 Å². The number of alkyl halides is 1. The molecule has 0 saturated heterocycles. The highest BCUT2D eigenvalue weighted by molar-refractivity contribution is 9.10. The second kappa shape index (κ2) is 8.53. The zero-order chi connectivity index (χ0) is 18.4. The minimum Gasteiger partial charge on any atom is -0.468 e. The Hall–Kier alpha value is -2.09. The van der Waals surface area contributed by atoms with Crippen molar-refractivity contribution in [2.24, 2.45) is 0 Å². The van der Waals surface area contributed by atoms with Gasteiger partial charge in [-0.25, -0.2) is 0 Å². The summed E-state index contributed by atoms with van der Waals surface area (Å²) in [5, 5.41) is 3.60. The Bertz CT molecular complexity index is 805. The Kier molecular flexibility index (Phi) is 6.13. The van der Waals surface area contributed by atoms with E-state index < -0.39 is 11.7 Å². The zero-order valence-electron chi connectivity index (χ0n) is 14.5. The van der Waals surface area contributed by atoms with Gasteiger partial charge in [-0.3, -0.25) is 4.79 Å². The second-order valence-corrected chi connectivity index (χ2v) is 10.1. The highest BCUT2D eigenvalue weighted by atomic mass is 79.9.